The number of amides is 1. The SMILES string of the molecule is CC(C)C1CCN(C(=O)c2ccc(O)cc2F)CC1. The molecule has 19 heavy (non-hydrogen) atoms. The second-order valence-corrected chi connectivity index (χ2v) is 5.54. The van der Waals surface area contributed by atoms with Gasteiger partial charge in [0, 0.05) is 19.2 Å². The lowest BCUT2D eigenvalue weighted by molar-refractivity contribution is 0.0663. The van der Waals surface area contributed by atoms with Gasteiger partial charge in [-0.15, -0.1) is 0 Å². The van der Waals surface area contributed by atoms with Gasteiger partial charge in [-0.05, 0) is 36.8 Å². The number of phenolic OH excluding ortho intramolecular Hbond substituents is 1. The van der Waals surface area contributed by atoms with Gasteiger partial charge in [0.25, 0.3) is 5.91 Å². The largest absolute Gasteiger partial charge is 0.508 e. The maximum atomic E-state index is 13.7. The number of carbonyl (C=O) groups excluding carboxylic acids is 1. The van der Waals surface area contributed by atoms with Crippen LogP contribution in [0.5, 0.6) is 5.75 Å². The maximum Gasteiger partial charge on any atom is 0.256 e. The van der Waals surface area contributed by atoms with E-state index in [1.54, 1.807) is 4.90 Å². The minimum absolute atomic E-state index is 0.0424. The van der Waals surface area contributed by atoms with Crippen LogP contribution in [0, 0.1) is 17.7 Å². The van der Waals surface area contributed by atoms with E-state index in [0.29, 0.717) is 24.9 Å². The highest BCUT2D eigenvalue weighted by Gasteiger charge is 2.26. The van der Waals surface area contributed by atoms with Crippen molar-refractivity contribution in [2.75, 3.05) is 13.1 Å². The standard InChI is InChI=1S/C15H20FNO2/c1-10(2)11-5-7-17(8-6-11)15(19)13-4-3-12(18)9-14(13)16/h3-4,9-11,18H,5-8H2,1-2H3. The molecule has 1 N–H and O–H groups in total. The van der Waals surface area contributed by atoms with Gasteiger partial charge in [0.05, 0.1) is 5.56 Å². The molecule has 1 aliphatic rings. The van der Waals surface area contributed by atoms with Crippen LogP contribution in [0.4, 0.5) is 4.39 Å². The van der Waals surface area contributed by atoms with Crippen LogP contribution in [-0.2, 0) is 0 Å². The van der Waals surface area contributed by atoms with Crippen LogP contribution in [0.15, 0.2) is 18.2 Å². The summed E-state index contributed by atoms with van der Waals surface area (Å²) in [7, 11) is 0. The number of halogens is 1. The second kappa shape index (κ2) is 5.59. The quantitative estimate of drug-likeness (QED) is 0.893. The summed E-state index contributed by atoms with van der Waals surface area (Å²) in [5.74, 6) is 0.180. The van der Waals surface area contributed by atoms with Crippen molar-refractivity contribution in [1.82, 2.24) is 4.90 Å². The molecular weight excluding hydrogens is 245 g/mol. The van der Waals surface area contributed by atoms with Gasteiger partial charge in [0.1, 0.15) is 11.6 Å². The van der Waals surface area contributed by atoms with Crippen LogP contribution in [0.1, 0.15) is 37.0 Å². The van der Waals surface area contributed by atoms with Crippen LogP contribution < -0.4 is 0 Å². The molecule has 1 heterocycles. The van der Waals surface area contributed by atoms with E-state index in [4.69, 9.17) is 5.11 Å². The Balaban J connectivity index is 2.05. The molecule has 3 nitrogen and oxygen atoms in total. The Morgan fingerprint density at radius 3 is 2.53 bits per heavy atom. The molecule has 1 aliphatic heterocycles. The minimum atomic E-state index is -0.656. The fraction of sp³-hybridized carbons (Fsp3) is 0.533. The summed E-state index contributed by atoms with van der Waals surface area (Å²) in [6.45, 7) is 5.76. The zero-order valence-corrected chi connectivity index (χ0v) is 11.4. The number of hydrogen-bond acceptors (Lipinski definition) is 2. The molecule has 1 amide bonds. The van der Waals surface area contributed by atoms with Gasteiger partial charge < -0.3 is 10.0 Å². The molecule has 0 aromatic heterocycles. The number of hydrogen-bond donors (Lipinski definition) is 1. The molecule has 1 aromatic carbocycles. The highest BCUT2D eigenvalue weighted by atomic mass is 19.1. The number of rotatable bonds is 2. The lowest BCUT2D eigenvalue weighted by Crippen LogP contribution is -2.39. The minimum Gasteiger partial charge on any atom is -0.508 e. The molecule has 0 aliphatic carbocycles. The molecule has 0 atom stereocenters. The molecule has 2 rings (SSSR count). The van der Waals surface area contributed by atoms with Crippen molar-refractivity contribution in [3.63, 3.8) is 0 Å². The Hall–Kier alpha value is -1.58. The van der Waals surface area contributed by atoms with E-state index < -0.39 is 5.82 Å². The summed E-state index contributed by atoms with van der Waals surface area (Å²) >= 11 is 0. The number of likely N-dealkylation sites (tertiary alicyclic amines) is 1. The van der Waals surface area contributed by atoms with Crippen LogP contribution in [-0.4, -0.2) is 29.0 Å². The molecule has 4 heteroatoms. The molecule has 1 aromatic rings. The van der Waals surface area contributed by atoms with E-state index in [-0.39, 0.29) is 17.2 Å². The predicted octanol–water partition coefficient (Wildman–Crippen LogP) is 3.04. The first kappa shape index (κ1) is 13.8. The molecule has 0 unspecified atom stereocenters. The second-order valence-electron chi connectivity index (χ2n) is 5.54. The summed E-state index contributed by atoms with van der Waals surface area (Å²) in [5, 5.41) is 9.16. The highest BCUT2D eigenvalue weighted by Crippen LogP contribution is 2.26. The topological polar surface area (TPSA) is 40.5 Å². The van der Waals surface area contributed by atoms with Crippen LogP contribution in [0.25, 0.3) is 0 Å². The average molecular weight is 265 g/mol. The molecular formula is C15H20FNO2. The summed E-state index contributed by atoms with van der Waals surface area (Å²) < 4.78 is 13.7. The van der Waals surface area contributed by atoms with Crippen molar-refractivity contribution in [1.29, 1.82) is 0 Å². The predicted molar refractivity (Wildman–Crippen MR) is 71.5 cm³/mol. The number of carbonyl (C=O) groups is 1. The Kier molecular flexibility index (Phi) is 4.08. The Bertz CT molecular complexity index is 465. The summed E-state index contributed by atoms with van der Waals surface area (Å²) in [6, 6.07) is 3.67. The molecule has 0 spiro atoms. The van der Waals surface area contributed by atoms with Crippen molar-refractivity contribution < 1.29 is 14.3 Å². The molecule has 1 saturated heterocycles. The number of benzene rings is 1. The van der Waals surface area contributed by atoms with Gasteiger partial charge in [-0.3, -0.25) is 4.79 Å². The molecule has 1 fully saturated rings. The zero-order valence-electron chi connectivity index (χ0n) is 11.4. The van der Waals surface area contributed by atoms with E-state index in [9.17, 15) is 9.18 Å². The van der Waals surface area contributed by atoms with Crippen LogP contribution in [0.3, 0.4) is 0 Å². The molecule has 0 radical (unpaired) electrons. The summed E-state index contributed by atoms with van der Waals surface area (Å²) in [4.78, 5) is 13.9. The lowest BCUT2D eigenvalue weighted by Gasteiger charge is -2.34. The number of phenols is 1. The van der Waals surface area contributed by atoms with Crippen molar-refractivity contribution in [3.8, 4) is 5.75 Å². The third-order valence-corrected chi connectivity index (χ3v) is 3.95. The van der Waals surface area contributed by atoms with Crippen molar-refractivity contribution in [3.05, 3.63) is 29.6 Å². The van der Waals surface area contributed by atoms with Gasteiger partial charge in [-0.2, -0.15) is 0 Å². The monoisotopic (exact) mass is 265 g/mol. The third kappa shape index (κ3) is 3.06. The lowest BCUT2D eigenvalue weighted by atomic mass is 9.86. The summed E-state index contributed by atoms with van der Waals surface area (Å²) in [6.07, 6.45) is 1.95. The average Bonchev–Trinajstić information content (AvgIpc) is 2.38. The van der Waals surface area contributed by atoms with Crippen molar-refractivity contribution in [2.45, 2.75) is 26.7 Å². The number of aromatic hydroxyl groups is 1. The first-order chi connectivity index (χ1) is 8.99. The zero-order chi connectivity index (χ0) is 14.0. The highest BCUT2D eigenvalue weighted by molar-refractivity contribution is 5.94. The van der Waals surface area contributed by atoms with Gasteiger partial charge in [-0.1, -0.05) is 13.8 Å². The maximum absolute atomic E-state index is 13.7. The fourth-order valence-electron chi connectivity index (χ4n) is 2.62. The fourth-order valence-corrected chi connectivity index (χ4v) is 2.62. The van der Waals surface area contributed by atoms with Gasteiger partial charge in [0.15, 0.2) is 0 Å². The van der Waals surface area contributed by atoms with Crippen LogP contribution in [0.2, 0.25) is 0 Å². The first-order valence-electron chi connectivity index (χ1n) is 6.77. The molecule has 104 valence electrons. The van der Waals surface area contributed by atoms with E-state index in [1.165, 1.54) is 12.1 Å². The number of nitrogens with zero attached hydrogens (tertiary/aromatic N) is 1. The Labute approximate surface area is 113 Å². The third-order valence-electron chi connectivity index (χ3n) is 3.95. The van der Waals surface area contributed by atoms with E-state index >= 15 is 0 Å². The van der Waals surface area contributed by atoms with Crippen molar-refractivity contribution in [2.24, 2.45) is 11.8 Å². The van der Waals surface area contributed by atoms with E-state index in [1.807, 2.05) is 0 Å². The smallest absolute Gasteiger partial charge is 0.256 e. The van der Waals surface area contributed by atoms with E-state index in [0.717, 1.165) is 18.9 Å². The van der Waals surface area contributed by atoms with Gasteiger partial charge >= 0.3 is 0 Å². The van der Waals surface area contributed by atoms with Gasteiger partial charge in [-0.25, -0.2) is 4.39 Å². The first-order valence-corrected chi connectivity index (χ1v) is 6.77. The molecule has 0 saturated carbocycles. The summed E-state index contributed by atoms with van der Waals surface area (Å²) in [5.41, 5.74) is 0.0424. The Morgan fingerprint density at radius 2 is 2.00 bits per heavy atom. The van der Waals surface area contributed by atoms with Crippen LogP contribution >= 0.6 is 0 Å². The Morgan fingerprint density at radius 1 is 1.37 bits per heavy atom. The number of piperidine rings is 1. The van der Waals surface area contributed by atoms with Crippen molar-refractivity contribution >= 4 is 5.91 Å². The van der Waals surface area contributed by atoms with Gasteiger partial charge in [0.2, 0.25) is 0 Å². The molecule has 0 bridgehead atoms. The normalized spacial score (nSPS) is 16.9. The van der Waals surface area contributed by atoms with E-state index in [2.05, 4.69) is 13.8 Å².